The normalized spacial score (nSPS) is 11.2. The molecule has 1 N–H and O–H groups in total. The summed E-state index contributed by atoms with van der Waals surface area (Å²) in [7, 11) is 0. The molecule has 0 fully saturated rings. The van der Waals surface area contributed by atoms with Crippen molar-refractivity contribution in [3.8, 4) is 0 Å². The number of carbonyl (C=O) groups excluding carboxylic acids is 1. The van der Waals surface area contributed by atoms with Gasteiger partial charge in [-0.05, 0) is 19.4 Å². The largest absolute Gasteiger partial charge is 0.451 e. The van der Waals surface area contributed by atoms with Crippen LogP contribution in [-0.2, 0) is 6.42 Å². The molecule has 1 amide bonds. The van der Waals surface area contributed by atoms with E-state index >= 15 is 0 Å². The van der Waals surface area contributed by atoms with Crippen molar-refractivity contribution in [3.05, 3.63) is 75.0 Å². The minimum absolute atomic E-state index is 0.0379. The third-order valence-corrected chi connectivity index (χ3v) is 4.12. The molecule has 0 aliphatic rings. The number of fused-ring (bicyclic) bond motifs is 1. The van der Waals surface area contributed by atoms with Crippen LogP contribution in [0.25, 0.3) is 11.0 Å². The van der Waals surface area contributed by atoms with E-state index in [0.29, 0.717) is 23.1 Å². The molecule has 0 radical (unpaired) electrons. The quantitative estimate of drug-likeness (QED) is 0.427. The number of nitro groups is 1. The highest BCUT2D eigenvalue weighted by Crippen LogP contribution is 2.24. The van der Waals surface area contributed by atoms with Crippen molar-refractivity contribution >= 4 is 28.8 Å². The average Bonchev–Trinajstić information content (AvgIpc) is 2.98. The number of hydrogen-bond acceptors (Lipinski definition) is 5. The van der Waals surface area contributed by atoms with Crippen molar-refractivity contribution in [1.29, 1.82) is 0 Å². The lowest BCUT2D eigenvalue weighted by Crippen LogP contribution is -2.17. The van der Waals surface area contributed by atoms with Crippen LogP contribution < -0.4 is 5.43 Å². The number of benzene rings is 2. The Hall–Kier alpha value is -3.48. The summed E-state index contributed by atoms with van der Waals surface area (Å²) in [6.45, 7) is 3.66. The van der Waals surface area contributed by atoms with Gasteiger partial charge in [-0.2, -0.15) is 5.10 Å². The topological polar surface area (TPSA) is 97.7 Å². The Morgan fingerprint density at radius 2 is 2.08 bits per heavy atom. The summed E-state index contributed by atoms with van der Waals surface area (Å²) in [5.74, 6) is -0.287. The van der Waals surface area contributed by atoms with E-state index in [1.165, 1.54) is 12.3 Å². The predicted octanol–water partition coefficient (Wildman–Crippen LogP) is 3.98. The maximum Gasteiger partial charge on any atom is 0.307 e. The summed E-state index contributed by atoms with van der Waals surface area (Å²) in [6.07, 6.45) is 1.93. The summed E-state index contributed by atoms with van der Waals surface area (Å²) in [4.78, 5) is 23.0. The Balaban J connectivity index is 1.77. The Morgan fingerprint density at radius 1 is 1.31 bits per heavy atom. The first-order valence-electron chi connectivity index (χ1n) is 8.10. The Bertz CT molecular complexity index is 1020. The smallest absolute Gasteiger partial charge is 0.307 e. The van der Waals surface area contributed by atoms with Gasteiger partial charge in [0.25, 0.3) is 5.69 Å². The molecule has 0 saturated carbocycles. The summed E-state index contributed by atoms with van der Waals surface area (Å²) in [5.41, 5.74) is 4.96. The molecule has 132 valence electrons. The van der Waals surface area contributed by atoms with Crippen LogP contribution in [0.1, 0.15) is 34.2 Å². The summed E-state index contributed by atoms with van der Waals surface area (Å²) in [5, 5.41) is 15.8. The molecular formula is C19H17N3O4. The van der Waals surface area contributed by atoms with E-state index in [9.17, 15) is 14.9 Å². The van der Waals surface area contributed by atoms with E-state index in [1.54, 1.807) is 25.1 Å². The number of hydrazone groups is 1. The van der Waals surface area contributed by atoms with Gasteiger partial charge >= 0.3 is 5.91 Å². The standard InChI is InChI=1S/C19H17N3O4/c1-3-14-9-8-13(10-16(14)22(24)25)11-20-21-19(23)18-12(2)15-6-4-5-7-17(15)26-18/h4-11H,3H2,1-2H3,(H,21,23)/b20-11-. The number of hydrogen-bond donors (Lipinski definition) is 1. The van der Waals surface area contributed by atoms with Gasteiger partial charge in [0.2, 0.25) is 0 Å². The van der Waals surface area contributed by atoms with Gasteiger partial charge < -0.3 is 4.42 Å². The highest BCUT2D eigenvalue weighted by Gasteiger charge is 2.17. The van der Waals surface area contributed by atoms with Gasteiger partial charge in [-0.3, -0.25) is 14.9 Å². The van der Waals surface area contributed by atoms with E-state index in [0.717, 1.165) is 10.9 Å². The van der Waals surface area contributed by atoms with Crippen molar-refractivity contribution in [2.75, 3.05) is 0 Å². The number of amides is 1. The highest BCUT2D eigenvalue weighted by atomic mass is 16.6. The molecule has 0 aliphatic heterocycles. The predicted molar refractivity (Wildman–Crippen MR) is 98.5 cm³/mol. The Morgan fingerprint density at radius 3 is 2.77 bits per heavy atom. The van der Waals surface area contributed by atoms with Gasteiger partial charge in [0.05, 0.1) is 11.1 Å². The number of carbonyl (C=O) groups is 1. The maximum absolute atomic E-state index is 12.3. The van der Waals surface area contributed by atoms with Gasteiger partial charge in [-0.15, -0.1) is 0 Å². The molecule has 26 heavy (non-hydrogen) atoms. The molecule has 0 spiro atoms. The van der Waals surface area contributed by atoms with Crippen LogP contribution in [0.4, 0.5) is 5.69 Å². The van der Waals surface area contributed by atoms with Gasteiger partial charge in [-0.25, -0.2) is 5.43 Å². The number of rotatable bonds is 5. The van der Waals surface area contributed by atoms with Crippen LogP contribution in [0.3, 0.4) is 0 Å². The summed E-state index contributed by atoms with van der Waals surface area (Å²) >= 11 is 0. The maximum atomic E-state index is 12.3. The van der Waals surface area contributed by atoms with Crippen LogP contribution in [0.5, 0.6) is 0 Å². The fraction of sp³-hybridized carbons (Fsp3) is 0.158. The van der Waals surface area contributed by atoms with Crippen LogP contribution in [0.2, 0.25) is 0 Å². The zero-order chi connectivity index (χ0) is 18.7. The van der Waals surface area contributed by atoms with E-state index in [1.807, 2.05) is 25.1 Å². The second-order valence-electron chi connectivity index (χ2n) is 5.75. The molecule has 0 aliphatic carbocycles. The van der Waals surface area contributed by atoms with Crippen molar-refractivity contribution in [2.24, 2.45) is 5.10 Å². The van der Waals surface area contributed by atoms with Crippen molar-refractivity contribution in [3.63, 3.8) is 0 Å². The van der Waals surface area contributed by atoms with Crippen molar-refractivity contribution in [2.45, 2.75) is 20.3 Å². The van der Waals surface area contributed by atoms with E-state index in [2.05, 4.69) is 10.5 Å². The lowest BCUT2D eigenvalue weighted by molar-refractivity contribution is -0.385. The molecule has 7 nitrogen and oxygen atoms in total. The molecule has 0 bridgehead atoms. The summed E-state index contributed by atoms with van der Waals surface area (Å²) in [6, 6.07) is 12.2. The number of nitrogens with zero attached hydrogens (tertiary/aromatic N) is 2. The monoisotopic (exact) mass is 351 g/mol. The second kappa shape index (κ2) is 7.18. The number of nitro benzene ring substituents is 1. The molecule has 2 aromatic carbocycles. The Labute approximate surface area is 149 Å². The van der Waals surface area contributed by atoms with Gasteiger partial charge in [0.15, 0.2) is 5.76 Å². The van der Waals surface area contributed by atoms with Crippen molar-refractivity contribution in [1.82, 2.24) is 5.43 Å². The first-order valence-corrected chi connectivity index (χ1v) is 8.10. The lowest BCUT2D eigenvalue weighted by Gasteiger charge is -2.01. The van der Waals surface area contributed by atoms with Gasteiger partial charge in [-0.1, -0.05) is 37.3 Å². The molecule has 0 unspecified atom stereocenters. The lowest BCUT2D eigenvalue weighted by atomic mass is 10.1. The first-order chi connectivity index (χ1) is 12.5. The molecular weight excluding hydrogens is 334 g/mol. The summed E-state index contributed by atoms with van der Waals surface area (Å²) < 4.78 is 5.57. The third kappa shape index (κ3) is 3.32. The van der Waals surface area contributed by atoms with E-state index in [-0.39, 0.29) is 11.4 Å². The number of para-hydroxylation sites is 1. The molecule has 3 rings (SSSR count). The van der Waals surface area contributed by atoms with Gasteiger partial charge in [0.1, 0.15) is 5.58 Å². The molecule has 0 saturated heterocycles. The first kappa shape index (κ1) is 17.3. The zero-order valence-corrected chi connectivity index (χ0v) is 14.4. The third-order valence-electron chi connectivity index (χ3n) is 4.12. The number of furan rings is 1. The van der Waals surface area contributed by atoms with Gasteiger partial charge in [0, 0.05) is 28.1 Å². The van der Waals surface area contributed by atoms with Crippen LogP contribution in [0, 0.1) is 17.0 Å². The number of aryl methyl sites for hydroxylation is 2. The highest BCUT2D eigenvalue weighted by molar-refractivity contribution is 5.99. The minimum atomic E-state index is -0.477. The minimum Gasteiger partial charge on any atom is -0.451 e. The fourth-order valence-electron chi connectivity index (χ4n) is 2.74. The second-order valence-corrected chi connectivity index (χ2v) is 5.75. The van der Waals surface area contributed by atoms with Crippen LogP contribution >= 0.6 is 0 Å². The molecule has 1 aromatic heterocycles. The molecule has 7 heteroatoms. The van der Waals surface area contributed by atoms with E-state index in [4.69, 9.17) is 4.42 Å². The average molecular weight is 351 g/mol. The molecule has 1 heterocycles. The van der Waals surface area contributed by atoms with Crippen molar-refractivity contribution < 1.29 is 14.1 Å². The Kier molecular flexibility index (Phi) is 4.79. The molecule has 3 aromatic rings. The van der Waals surface area contributed by atoms with E-state index < -0.39 is 10.8 Å². The van der Waals surface area contributed by atoms with Crippen LogP contribution in [0.15, 0.2) is 52.0 Å². The molecule has 0 atom stereocenters. The zero-order valence-electron chi connectivity index (χ0n) is 14.4. The number of nitrogens with one attached hydrogen (secondary N) is 1. The fourth-order valence-corrected chi connectivity index (χ4v) is 2.74. The van der Waals surface area contributed by atoms with Crippen LogP contribution in [-0.4, -0.2) is 17.0 Å². The SMILES string of the molecule is CCc1ccc(/C=N\NC(=O)c2oc3ccccc3c2C)cc1[N+](=O)[O-].